The molecule has 0 aromatic carbocycles. The van der Waals surface area contributed by atoms with Crippen molar-refractivity contribution in [1.82, 2.24) is 14.5 Å². The number of carbonyl (C=O) groups is 1. The Morgan fingerprint density at radius 2 is 2.14 bits per heavy atom. The highest BCUT2D eigenvalue weighted by atomic mass is 32.2. The number of sulfonamides is 1. The zero-order valence-electron chi connectivity index (χ0n) is 11.2. The summed E-state index contributed by atoms with van der Waals surface area (Å²) in [5.74, 6) is -1.12. The van der Waals surface area contributed by atoms with Gasteiger partial charge >= 0.3 is 5.97 Å². The average molecular weight is 319 g/mol. The Bertz CT molecular complexity index is 605. The minimum atomic E-state index is -3.84. The Balaban J connectivity index is 2.01. The van der Waals surface area contributed by atoms with Gasteiger partial charge in [-0.1, -0.05) is 0 Å². The number of nitrogens with zero attached hydrogens (tertiary/aromatic N) is 2. The number of ether oxygens (including phenoxy) is 1. The number of carboxylic acid groups (broad SMARTS) is 1. The molecule has 0 saturated carbocycles. The molecule has 0 amide bonds. The van der Waals surface area contributed by atoms with Crippen molar-refractivity contribution < 1.29 is 28.2 Å². The molecule has 0 spiro atoms. The first-order valence-corrected chi connectivity index (χ1v) is 7.83. The van der Waals surface area contributed by atoms with Crippen LogP contribution in [-0.4, -0.2) is 59.7 Å². The predicted molar refractivity (Wildman–Crippen MR) is 70.1 cm³/mol. The van der Waals surface area contributed by atoms with Gasteiger partial charge in [-0.2, -0.15) is 5.10 Å². The molecule has 0 unspecified atom stereocenters. The van der Waals surface area contributed by atoms with Gasteiger partial charge in [0, 0.05) is 38.8 Å². The molecule has 1 fully saturated rings. The van der Waals surface area contributed by atoms with Crippen LogP contribution in [0.2, 0.25) is 0 Å². The molecule has 0 aliphatic carbocycles. The van der Waals surface area contributed by atoms with Crippen molar-refractivity contribution in [2.75, 3.05) is 19.8 Å². The fourth-order valence-electron chi connectivity index (χ4n) is 1.95. The van der Waals surface area contributed by atoms with Crippen LogP contribution in [0.15, 0.2) is 17.3 Å². The molecular weight excluding hydrogens is 302 g/mol. The Hall–Kier alpha value is -1.49. The average Bonchev–Trinajstić information content (AvgIpc) is 2.86. The fourth-order valence-corrected chi connectivity index (χ4v) is 3.02. The molecule has 0 bridgehead atoms. The van der Waals surface area contributed by atoms with Crippen LogP contribution < -0.4 is 4.72 Å². The normalized spacial score (nSPS) is 18.5. The third-order valence-electron chi connectivity index (χ3n) is 3.23. The van der Waals surface area contributed by atoms with Crippen LogP contribution in [-0.2, 0) is 26.1 Å². The van der Waals surface area contributed by atoms with Crippen molar-refractivity contribution in [2.24, 2.45) is 0 Å². The molecule has 2 heterocycles. The van der Waals surface area contributed by atoms with Crippen LogP contribution in [0.1, 0.15) is 12.8 Å². The summed E-state index contributed by atoms with van der Waals surface area (Å²) in [6.45, 7) is 0.225. The molecule has 118 valence electrons. The second-order valence-electron chi connectivity index (χ2n) is 4.93. The fraction of sp³-hybridized carbons (Fsp3) is 0.636. The highest BCUT2D eigenvalue weighted by Crippen LogP contribution is 2.20. The topological polar surface area (TPSA) is 131 Å². The van der Waals surface area contributed by atoms with Crippen molar-refractivity contribution in [3.05, 3.63) is 12.4 Å². The molecule has 21 heavy (non-hydrogen) atoms. The van der Waals surface area contributed by atoms with Gasteiger partial charge in [0.2, 0.25) is 10.0 Å². The van der Waals surface area contributed by atoms with Gasteiger partial charge in [-0.3, -0.25) is 9.48 Å². The molecular formula is C11H17N3O6S. The largest absolute Gasteiger partial charge is 0.480 e. The Kier molecular flexibility index (Phi) is 4.61. The maximum absolute atomic E-state index is 12.1. The van der Waals surface area contributed by atoms with Crippen LogP contribution in [0.25, 0.3) is 0 Å². The van der Waals surface area contributed by atoms with Gasteiger partial charge in [0.25, 0.3) is 0 Å². The molecule has 0 radical (unpaired) electrons. The highest BCUT2D eigenvalue weighted by Gasteiger charge is 2.31. The van der Waals surface area contributed by atoms with E-state index in [-0.39, 0.29) is 11.4 Å². The lowest BCUT2D eigenvalue weighted by atomic mass is 9.95. The lowest BCUT2D eigenvalue weighted by Gasteiger charge is -2.31. The van der Waals surface area contributed by atoms with E-state index in [2.05, 4.69) is 9.82 Å². The van der Waals surface area contributed by atoms with Crippen LogP contribution >= 0.6 is 0 Å². The number of nitrogens with one attached hydrogen (secondary N) is 1. The van der Waals surface area contributed by atoms with E-state index < -0.39 is 28.1 Å². The molecule has 0 atom stereocenters. The number of hydrogen-bond donors (Lipinski definition) is 3. The van der Waals surface area contributed by atoms with Gasteiger partial charge in [0.15, 0.2) is 0 Å². The summed E-state index contributed by atoms with van der Waals surface area (Å²) in [5.41, 5.74) is -1.12. The summed E-state index contributed by atoms with van der Waals surface area (Å²) >= 11 is 0. The number of aromatic nitrogens is 2. The number of rotatable bonds is 6. The number of aliphatic hydroxyl groups is 1. The lowest BCUT2D eigenvalue weighted by molar-refractivity contribution is -0.137. The SMILES string of the molecule is O=C(O)Cn1cc(S(=O)(=O)NCC2(O)CCOCC2)cn1. The van der Waals surface area contributed by atoms with Crippen LogP contribution in [0.4, 0.5) is 0 Å². The number of aliphatic carboxylic acids is 1. The molecule has 10 heteroatoms. The summed E-state index contributed by atoms with van der Waals surface area (Å²) in [6.07, 6.45) is 2.91. The molecule has 1 saturated heterocycles. The first-order chi connectivity index (χ1) is 9.81. The first kappa shape index (κ1) is 15.9. The summed E-state index contributed by atoms with van der Waals surface area (Å²) in [5, 5.41) is 22.5. The van der Waals surface area contributed by atoms with Gasteiger partial charge in [-0.25, -0.2) is 13.1 Å². The Labute approximate surface area is 121 Å². The Morgan fingerprint density at radius 1 is 1.48 bits per heavy atom. The zero-order chi connectivity index (χ0) is 15.5. The minimum Gasteiger partial charge on any atom is -0.480 e. The van der Waals surface area contributed by atoms with E-state index >= 15 is 0 Å². The molecule has 1 aromatic rings. The number of hydrogen-bond acceptors (Lipinski definition) is 6. The molecule has 1 aromatic heterocycles. The van der Waals surface area contributed by atoms with Crippen molar-refractivity contribution in [3.8, 4) is 0 Å². The van der Waals surface area contributed by atoms with E-state index in [0.717, 1.165) is 17.1 Å². The third-order valence-corrected chi connectivity index (χ3v) is 4.59. The van der Waals surface area contributed by atoms with Crippen molar-refractivity contribution in [2.45, 2.75) is 29.9 Å². The third kappa shape index (κ3) is 4.24. The standard InChI is InChI=1S/C11H17N3O6S/c15-10(16)7-14-6-9(5-12-14)21(18,19)13-8-11(17)1-3-20-4-2-11/h5-6,13,17H,1-4,7-8H2,(H,15,16). The molecule has 1 aliphatic heterocycles. The highest BCUT2D eigenvalue weighted by molar-refractivity contribution is 7.89. The molecule has 1 aliphatic rings. The van der Waals surface area contributed by atoms with Gasteiger partial charge < -0.3 is 14.9 Å². The van der Waals surface area contributed by atoms with Crippen molar-refractivity contribution >= 4 is 16.0 Å². The lowest BCUT2D eigenvalue weighted by Crippen LogP contribution is -2.46. The van der Waals surface area contributed by atoms with Gasteiger partial charge in [0.1, 0.15) is 11.4 Å². The van der Waals surface area contributed by atoms with Crippen LogP contribution in [0, 0.1) is 0 Å². The number of carboxylic acids is 1. The van der Waals surface area contributed by atoms with Gasteiger partial charge in [-0.15, -0.1) is 0 Å². The maximum atomic E-state index is 12.1. The van der Waals surface area contributed by atoms with Gasteiger partial charge in [0.05, 0.1) is 11.8 Å². The predicted octanol–water partition coefficient (Wildman–Crippen LogP) is -1.21. The zero-order valence-corrected chi connectivity index (χ0v) is 12.0. The van der Waals surface area contributed by atoms with Crippen molar-refractivity contribution in [1.29, 1.82) is 0 Å². The summed E-state index contributed by atoms with van der Waals surface area (Å²) < 4.78 is 32.6. The molecule has 9 nitrogen and oxygen atoms in total. The summed E-state index contributed by atoms with van der Waals surface area (Å²) in [4.78, 5) is 10.4. The summed E-state index contributed by atoms with van der Waals surface area (Å²) in [7, 11) is -3.84. The monoisotopic (exact) mass is 319 g/mol. The smallest absolute Gasteiger partial charge is 0.325 e. The minimum absolute atomic E-state index is 0.122. The summed E-state index contributed by atoms with van der Waals surface area (Å²) in [6, 6.07) is 0. The molecule has 3 N–H and O–H groups in total. The van der Waals surface area contributed by atoms with Crippen LogP contribution in [0.5, 0.6) is 0 Å². The first-order valence-electron chi connectivity index (χ1n) is 6.35. The van der Waals surface area contributed by atoms with E-state index in [0.29, 0.717) is 26.1 Å². The maximum Gasteiger partial charge on any atom is 0.325 e. The van der Waals surface area contributed by atoms with E-state index in [4.69, 9.17) is 9.84 Å². The van der Waals surface area contributed by atoms with Crippen LogP contribution in [0.3, 0.4) is 0 Å². The quantitative estimate of drug-likeness (QED) is 0.599. The second kappa shape index (κ2) is 6.10. The second-order valence-corrected chi connectivity index (χ2v) is 6.70. The van der Waals surface area contributed by atoms with Crippen molar-refractivity contribution in [3.63, 3.8) is 0 Å². The van der Waals surface area contributed by atoms with E-state index in [1.807, 2.05) is 0 Å². The van der Waals surface area contributed by atoms with E-state index in [9.17, 15) is 18.3 Å². The molecule has 2 rings (SSSR count). The van der Waals surface area contributed by atoms with E-state index in [1.165, 1.54) is 0 Å². The van der Waals surface area contributed by atoms with E-state index in [1.54, 1.807) is 0 Å². The van der Waals surface area contributed by atoms with Gasteiger partial charge in [-0.05, 0) is 0 Å². The Morgan fingerprint density at radius 3 is 2.76 bits per heavy atom.